The smallest absolute Gasteiger partial charge is 0.255 e. The molecule has 1 aromatic rings. The highest BCUT2D eigenvalue weighted by Crippen LogP contribution is 2.22. The highest BCUT2D eigenvalue weighted by molar-refractivity contribution is 6.31. The third-order valence-corrected chi connectivity index (χ3v) is 3.82. The fourth-order valence-corrected chi connectivity index (χ4v) is 2.60. The van der Waals surface area contributed by atoms with Crippen LogP contribution in [0, 0.1) is 5.92 Å². The third-order valence-electron chi connectivity index (χ3n) is 3.59. The number of carbonyl (C=O) groups excluding carboxylic acids is 1. The molecular formula is C14H20ClN3O2. The minimum atomic E-state index is -0.0769. The largest absolute Gasteiger partial charge is 0.381 e. The number of nitrogen functional groups attached to an aromatic ring is 1. The summed E-state index contributed by atoms with van der Waals surface area (Å²) in [5.74, 6) is 5.86. The van der Waals surface area contributed by atoms with Crippen molar-refractivity contribution >= 4 is 23.2 Å². The number of hydrogen-bond acceptors (Lipinski definition) is 4. The summed E-state index contributed by atoms with van der Waals surface area (Å²) in [6.45, 7) is 2.28. The van der Waals surface area contributed by atoms with Gasteiger partial charge in [0.2, 0.25) is 0 Å². The molecule has 3 N–H and O–H groups in total. The van der Waals surface area contributed by atoms with Crippen LogP contribution in [-0.2, 0) is 4.74 Å². The lowest BCUT2D eigenvalue weighted by molar-refractivity contribution is 0.0497. The molecule has 0 saturated carbocycles. The number of nitrogens with two attached hydrogens (primary N) is 1. The van der Waals surface area contributed by atoms with Crippen LogP contribution >= 0.6 is 11.6 Å². The van der Waals surface area contributed by atoms with Crippen molar-refractivity contribution in [3.63, 3.8) is 0 Å². The molecule has 5 nitrogen and oxygen atoms in total. The van der Waals surface area contributed by atoms with Crippen molar-refractivity contribution in [3.05, 3.63) is 28.8 Å². The number of hydrazine groups is 1. The van der Waals surface area contributed by atoms with Gasteiger partial charge in [-0.15, -0.1) is 0 Å². The molecule has 0 spiro atoms. The van der Waals surface area contributed by atoms with E-state index in [4.69, 9.17) is 22.2 Å². The van der Waals surface area contributed by atoms with Crippen LogP contribution < -0.4 is 11.3 Å². The SMILES string of the molecule is CN(CC1CCOCC1)C(=O)c1cc(Cl)ccc1NN. The molecule has 0 atom stereocenters. The molecule has 0 aliphatic carbocycles. The summed E-state index contributed by atoms with van der Waals surface area (Å²) in [5.41, 5.74) is 3.61. The fourth-order valence-electron chi connectivity index (χ4n) is 2.42. The monoisotopic (exact) mass is 297 g/mol. The molecule has 1 amide bonds. The van der Waals surface area contributed by atoms with Crippen LogP contribution in [0.3, 0.4) is 0 Å². The minimum Gasteiger partial charge on any atom is -0.381 e. The number of rotatable bonds is 4. The maximum Gasteiger partial charge on any atom is 0.255 e. The Morgan fingerprint density at radius 3 is 2.85 bits per heavy atom. The maximum atomic E-state index is 12.5. The number of ether oxygens (including phenoxy) is 1. The van der Waals surface area contributed by atoms with Gasteiger partial charge in [0.15, 0.2) is 0 Å². The first kappa shape index (κ1) is 15.1. The van der Waals surface area contributed by atoms with E-state index < -0.39 is 0 Å². The lowest BCUT2D eigenvalue weighted by Gasteiger charge is -2.27. The molecule has 1 heterocycles. The molecule has 1 fully saturated rings. The molecular weight excluding hydrogens is 278 g/mol. The Balaban J connectivity index is 2.07. The molecule has 1 aliphatic heterocycles. The zero-order valence-electron chi connectivity index (χ0n) is 11.6. The van der Waals surface area contributed by atoms with E-state index in [9.17, 15) is 4.79 Å². The van der Waals surface area contributed by atoms with E-state index in [-0.39, 0.29) is 5.91 Å². The lowest BCUT2D eigenvalue weighted by atomic mass is 9.99. The van der Waals surface area contributed by atoms with Crippen molar-refractivity contribution in [3.8, 4) is 0 Å². The van der Waals surface area contributed by atoms with Gasteiger partial charge in [-0.05, 0) is 37.0 Å². The highest BCUT2D eigenvalue weighted by atomic mass is 35.5. The summed E-state index contributed by atoms with van der Waals surface area (Å²) in [7, 11) is 1.80. The van der Waals surface area contributed by atoms with Gasteiger partial charge < -0.3 is 15.1 Å². The molecule has 0 bridgehead atoms. The van der Waals surface area contributed by atoms with Crippen molar-refractivity contribution in [2.24, 2.45) is 11.8 Å². The van der Waals surface area contributed by atoms with Crippen LogP contribution in [0.25, 0.3) is 0 Å². The van der Waals surface area contributed by atoms with Crippen molar-refractivity contribution < 1.29 is 9.53 Å². The average molecular weight is 298 g/mol. The van der Waals surface area contributed by atoms with E-state index in [2.05, 4.69) is 5.43 Å². The summed E-state index contributed by atoms with van der Waals surface area (Å²) in [5, 5.41) is 0.520. The van der Waals surface area contributed by atoms with Gasteiger partial charge in [-0.1, -0.05) is 11.6 Å². The molecule has 0 aromatic heterocycles. The Hall–Kier alpha value is -1.30. The normalized spacial score (nSPS) is 15.9. The second-order valence-corrected chi connectivity index (χ2v) is 5.51. The van der Waals surface area contributed by atoms with E-state index >= 15 is 0 Å². The Kier molecular flexibility index (Phi) is 5.23. The maximum absolute atomic E-state index is 12.5. The van der Waals surface area contributed by atoms with E-state index in [0.717, 1.165) is 32.6 Å². The average Bonchev–Trinajstić information content (AvgIpc) is 2.47. The molecule has 0 unspecified atom stereocenters. The zero-order chi connectivity index (χ0) is 14.5. The zero-order valence-corrected chi connectivity index (χ0v) is 12.3. The van der Waals surface area contributed by atoms with Gasteiger partial charge >= 0.3 is 0 Å². The van der Waals surface area contributed by atoms with Crippen molar-refractivity contribution in [2.75, 3.05) is 32.2 Å². The molecule has 1 saturated heterocycles. The predicted octanol–water partition coefficient (Wildman–Crippen LogP) is 2.12. The van der Waals surface area contributed by atoms with Gasteiger partial charge in [0.05, 0.1) is 11.3 Å². The molecule has 110 valence electrons. The molecule has 1 aromatic carbocycles. The molecule has 20 heavy (non-hydrogen) atoms. The first-order valence-electron chi connectivity index (χ1n) is 6.71. The van der Waals surface area contributed by atoms with Crippen LogP contribution in [-0.4, -0.2) is 37.6 Å². The van der Waals surface area contributed by atoms with E-state index in [1.54, 1.807) is 30.1 Å². The summed E-state index contributed by atoms with van der Waals surface area (Å²) >= 11 is 5.96. The minimum absolute atomic E-state index is 0.0769. The van der Waals surface area contributed by atoms with Gasteiger partial charge in [0, 0.05) is 31.8 Å². The van der Waals surface area contributed by atoms with Crippen LogP contribution in [0.4, 0.5) is 5.69 Å². The topological polar surface area (TPSA) is 67.6 Å². The predicted molar refractivity (Wildman–Crippen MR) is 79.8 cm³/mol. The van der Waals surface area contributed by atoms with Gasteiger partial charge in [0.25, 0.3) is 5.91 Å². The number of hydrogen-bond donors (Lipinski definition) is 2. The molecule has 6 heteroatoms. The Labute approximate surface area is 124 Å². The number of nitrogens with one attached hydrogen (secondary N) is 1. The third kappa shape index (κ3) is 3.62. The number of amides is 1. The number of halogens is 1. The van der Waals surface area contributed by atoms with Gasteiger partial charge in [-0.3, -0.25) is 10.6 Å². The summed E-state index contributed by atoms with van der Waals surface area (Å²) < 4.78 is 5.33. The Bertz CT molecular complexity index is 475. The lowest BCUT2D eigenvalue weighted by Crippen LogP contribution is -2.34. The number of benzene rings is 1. The quantitative estimate of drug-likeness (QED) is 0.660. The van der Waals surface area contributed by atoms with Crippen LogP contribution in [0.1, 0.15) is 23.2 Å². The molecule has 1 aliphatic rings. The van der Waals surface area contributed by atoms with E-state index in [0.29, 0.717) is 22.2 Å². The number of nitrogens with zero attached hydrogens (tertiary/aromatic N) is 1. The number of carbonyl (C=O) groups is 1. The van der Waals surface area contributed by atoms with Gasteiger partial charge in [0.1, 0.15) is 0 Å². The van der Waals surface area contributed by atoms with Crippen LogP contribution in [0.2, 0.25) is 5.02 Å². The fraction of sp³-hybridized carbons (Fsp3) is 0.500. The van der Waals surface area contributed by atoms with Crippen molar-refractivity contribution in [2.45, 2.75) is 12.8 Å². The number of anilines is 1. The highest BCUT2D eigenvalue weighted by Gasteiger charge is 2.21. The van der Waals surface area contributed by atoms with E-state index in [1.165, 1.54) is 0 Å². The van der Waals surface area contributed by atoms with Crippen molar-refractivity contribution in [1.29, 1.82) is 0 Å². The molecule has 2 rings (SSSR count). The second kappa shape index (κ2) is 6.92. The molecule has 0 radical (unpaired) electrons. The van der Waals surface area contributed by atoms with E-state index in [1.807, 2.05) is 0 Å². The standard InChI is InChI=1S/C14H20ClN3O2/c1-18(9-10-4-6-20-7-5-10)14(19)12-8-11(15)2-3-13(12)17-16/h2-3,8,10,17H,4-7,9,16H2,1H3. The van der Waals surface area contributed by atoms with Crippen molar-refractivity contribution in [1.82, 2.24) is 4.90 Å². The Morgan fingerprint density at radius 2 is 2.20 bits per heavy atom. The summed E-state index contributed by atoms with van der Waals surface area (Å²) in [4.78, 5) is 14.2. The summed E-state index contributed by atoms with van der Waals surface area (Å²) in [6, 6.07) is 5.05. The van der Waals surface area contributed by atoms with Gasteiger partial charge in [-0.2, -0.15) is 0 Å². The first-order chi connectivity index (χ1) is 9.61. The van der Waals surface area contributed by atoms with Crippen LogP contribution in [0.5, 0.6) is 0 Å². The van der Waals surface area contributed by atoms with Crippen LogP contribution in [0.15, 0.2) is 18.2 Å². The summed E-state index contributed by atoms with van der Waals surface area (Å²) in [6.07, 6.45) is 1.99. The van der Waals surface area contributed by atoms with Gasteiger partial charge in [-0.25, -0.2) is 0 Å². The first-order valence-corrected chi connectivity index (χ1v) is 7.09. The second-order valence-electron chi connectivity index (χ2n) is 5.08. The Morgan fingerprint density at radius 1 is 1.50 bits per heavy atom.